The molecule has 2 N–H and O–H groups in total. The van der Waals surface area contributed by atoms with E-state index in [1.165, 1.54) is 6.42 Å². The Hall–Kier alpha value is -0.120. The molecule has 0 aromatic rings. The molecule has 13 heavy (non-hydrogen) atoms. The second-order valence-corrected chi connectivity index (χ2v) is 4.51. The van der Waals surface area contributed by atoms with Crippen molar-refractivity contribution in [2.45, 2.75) is 32.3 Å². The standard InChI is InChI=1S/C10H21NO2/c1-10(2,12)8-11-5-3-9-4-6-13-7-9/h9,11-12H,3-8H2,1-2H3. The third-order valence-corrected chi connectivity index (χ3v) is 2.31. The molecule has 78 valence electrons. The van der Waals surface area contributed by atoms with Crippen LogP contribution in [0, 0.1) is 5.92 Å². The summed E-state index contributed by atoms with van der Waals surface area (Å²) in [6.45, 7) is 7.14. The summed E-state index contributed by atoms with van der Waals surface area (Å²) < 4.78 is 5.28. The number of rotatable bonds is 5. The molecule has 0 aromatic carbocycles. The molecule has 0 saturated carbocycles. The number of hydrogen-bond donors (Lipinski definition) is 2. The van der Waals surface area contributed by atoms with Crippen molar-refractivity contribution in [1.29, 1.82) is 0 Å². The van der Waals surface area contributed by atoms with Gasteiger partial charge in [0.25, 0.3) is 0 Å². The van der Waals surface area contributed by atoms with Crippen molar-refractivity contribution in [3.05, 3.63) is 0 Å². The van der Waals surface area contributed by atoms with Gasteiger partial charge in [-0.3, -0.25) is 0 Å². The molecule has 0 aliphatic carbocycles. The van der Waals surface area contributed by atoms with Crippen LogP contribution in [0.1, 0.15) is 26.7 Å². The molecule has 1 rings (SSSR count). The SMILES string of the molecule is CC(C)(O)CNCCC1CCOC1. The van der Waals surface area contributed by atoms with Gasteiger partial charge in [-0.25, -0.2) is 0 Å². The molecule has 1 heterocycles. The lowest BCUT2D eigenvalue weighted by Gasteiger charge is -2.18. The molecule has 0 spiro atoms. The number of hydrogen-bond acceptors (Lipinski definition) is 3. The summed E-state index contributed by atoms with van der Waals surface area (Å²) in [6.07, 6.45) is 2.36. The lowest BCUT2D eigenvalue weighted by atomic mass is 10.1. The summed E-state index contributed by atoms with van der Waals surface area (Å²) in [6, 6.07) is 0. The molecule has 0 amide bonds. The first-order valence-electron chi connectivity index (χ1n) is 5.09. The quantitative estimate of drug-likeness (QED) is 0.625. The van der Waals surface area contributed by atoms with Crippen LogP contribution >= 0.6 is 0 Å². The average Bonchev–Trinajstić information content (AvgIpc) is 2.48. The van der Waals surface area contributed by atoms with Gasteiger partial charge in [0.2, 0.25) is 0 Å². The predicted molar refractivity (Wildman–Crippen MR) is 52.7 cm³/mol. The molecule has 1 aliphatic rings. The minimum atomic E-state index is -0.591. The van der Waals surface area contributed by atoms with E-state index in [-0.39, 0.29) is 0 Å². The van der Waals surface area contributed by atoms with Crippen LogP contribution in [0.2, 0.25) is 0 Å². The molecule has 1 aliphatic heterocycles. The molecule has 1 unspecified atom stereocenters. The Bertz CT molecular complexity index is 136. The van der Waals surface area contributed by atoms with Gasteiger partial charge in [-0.15, -0.1) is 0 Å². The molecule has 3 nitrogen and oxygen atoms in total. The highest BCUT2D eigenvalue weighted by atomic mass is 16.5. The lowest BCUT2D eigenvalue weighted by molar-refractivity contribution is 0.0794. The van der Waals surface area contributed by atoms with Crippen molar-refractivity contribution in [2.24, 2.45) is 5.92 Å². The lowest BCUT2D eigenvalue weighted by Crippen LogP contribution is -2.35. The van der Waals surface area contributed by atoms with Gasteiger partial charge in [0.1, 0.15) is 0 Å². The van der Waals surface area contributed by atoms with Crippen LogP contribution in [0.15, 0.2) is 0 Å². The van der Waals surface area contributed by atoms with E-state index in [2.05, 4.69) is 5.32 Å². The van der Waals surface area contributed by atoms with Crippen molar-refractivity contribution in [3.63, 3.8) is 0 Å². The first-order valence-corrected chi connectivity index (χ1v) is 5.09. The zero-order valence-electron chi connectivity index (χ0n) is 8.68. The molecule has 1 atom stereocenters. The van der Waals surface area contributed by atoms with E-state index in [0.29, 0.717) is 6.54 Å². The number of nitrogens with one attached hydrogen (secondary N) is 1. The van der Waals surface area contributed by atoms with E-state index in [1.54, 1.807) is 0 Å². The van der Waals surface area contributed by atoms with Crippen molar-refractivity contribution < 1.29 is 9.84 Å². The number of aliphatic hydroxyl groups is 1. The Morgan fingerprint density at radius 3 is 2.85 bits per heavy atom. The van der Waals surface area contributed by atoms with Crippen LogP contribution in [0.3, 0.4) is 0 Å². The Kier molecular flexibility index (Phi) is 4.16. The molecule has 1 saturated heterocycles. The Morgan fingerprint density at radius 1 is 1.54 bits per heavy atom. The van der Waals surface area contributed by atoms with Crippen LogP contribution in [-0.2, 0) is 4.74 Å². The zero-order chi connectivity index (χ0) is 9.73. The average molecular weight is 187 g/mol. The monoisotopic (exact) mass is 187 g/mol. The molecule has 0 radical (unpaired) electrons. The maximum absolute atomic E-state index is 9.42. The zero-order valence-corrected chi connectivity index (χ0v) is 8.68. The van der Waals surface area contributed by atoms with Crippen molar-refractivity contribution >= 4 is 0 Å². The Labute approximate surface area is 80.5 Å². The van der Waals surface area contributed by atoms with E-state index in [0.717, 1.165) is 32.1 Å². The van der Waals surface area contributed by atoms with E-state index in [9.17, 15) is 5.11 Å². The minimum Gasteiger partial charge on any atom is -0.389 e. The minimum absolute atomic E-state index is 0.591. The van der Waals surface area contributed by atoms with Gasteiger partial charge < -0.3 is 15.2 Å². The maximum Gasteiger partial charge on any atom is 0.0715 e. The maximum atomic E-state index is 9.42. The summed E-state index contributed by atoms with van der Waals surface area (Å²) in [4.78, 5) is 0. The van der Waals surface area contributed by atoms with Crippen molar-refractivity contribution in [3.8, 4) is 0 Å². The second-order valence-electron chi connectivity index (χ2n) is 4.51. The summed E-state index contributed by atoms with van der Waals surface area (Å²) in [5.74, 6) is 0.731. The van der Waals surface area contributed by atoms with Gasteiger partial charge in [-0.05, 0) is 39.2 Å². The summed E-state index contributed by atoms with van der Waals surface area (Å²) in [5.41, 5.74) is -0.591. The van der Waals surface area contributed by atoms with Crippen LogP contribution in [0.25, 0.3) is 0 Å². The highest BCUT2D eigenvalue weighted by Crippen LogP contribution is 2.15. The largest absolute Gasteiger partial charge is 0.389 e. The first-order chi connectivity index (χ1) is 6.08. The van der Waals surface area contributed by atoms with Gasteiger partial charge in [0.05, 0.1) is 5.60 Å². The second kappa shape index (κ2) is 4.94. The Morgan fingerprint density at radius 2 is 2.31 bits per heavy atom. The first kappa shape index (κ1) is 11.0. The van der Waals surface area contributed by atoms with Crippen LogP contribution < -0.4 is 5.32 Å². The predicted octanol–water partition coefficient (Wildman–Crippen LogP) is 0.773. The highest BCUT2D eigenvalue weighted by Gasteiger charge is 2.16. The van der Waals surface area contributed by atoms with Crippen molar-refractivity contribution in [2.75, 3.05) is 26.3 Å². The summed E-state index contributed by atoms with van der Waals surface area (Å²) in [7, 11) is 0. The molecular weight excluding hydrogens is 166 g/mol. The van der Waals surface area contributed by atoms with Gasteiger partial charge >= 0.3 is 0 Å². The van der Waals surface area contributed by atoms with E-state index < -0.39 is 5.60 Å². The fourth-order valence-electron chi connectivity index (χ4n) is 1.51. The summed E-state index contributed by atoms with van der Waals surface area (Å²) in [5, 5.41) is 12.7. The highest BCUT2D eigenvalue weighted by molar-refractivity contribution is 4.70. The van der Waals surface area contributed by atoms with Crippen LogP contribution in [0.5, 0.6) is 0 Å². The van der Waals surface area contributed by atoms with Crippen LogP contribution in [-0.4, -0.2) is 37.0 Å². The van der Waals surface area contributed by atoms with E-state index in [4.69, 9.17) is 4.74 Å². The third-order valence-electron chi connectivity index (χ3n) is 2.31. The van der Waals surface area contributed by atoms with Crippen LogP contribution in [0.4, 0.5) is 0 Å². The van der Waals surface area contributed by atoms with Gasteiger partial charge in [0.15, 0.2) is 0 Å². The topological polar surface area (TPSA) is 41.5 Å². The molecule has 3 heteroatoms. The summed E-state index contributed by atoms with van der Waals surface area (Å²) >= 11 is 0. The smallest absolute Gasteiger partial charge is 0.0715 e. The molecule has 0 aromatic heterocycles. The molecule has 1 fully saturated rings. The van der Waals surface area contributed by atoms with E-state index >= 15 is 0 Å². The van der Waals surface area contributed by atoms with E-state index in [1.807, 2.05) is 13.8 Å². The van der Waals surface area contributed by atoms with Gasteiger partial charge in [0, 0.05) is 19.8 Å². The Balaban J connectivity index is 1.94. The fourth-order valence-corrected chi connectivity index (χ4v) is 1.51. The normalized spacial score (nSPS) is 23.8. The fraction of sp³-hybridized carbons (Fsp3) is 1.00. The molecule has 0 bridgehead atoms. The molecular formula is C10H21NO2. The number of ether oxygens (including phenoxy) is 1. The third kappa shape index (κ3) is 5.24. The van der Waals surface area contributed by atoms with Crippen molar-refractivity contribution in [1.82, 2.24) is 5.32 Å². The van der Waals surface area contributed by atoms with Gasteiger partial charge in [-0.2, -0.15) is 0 Å². The van der Waals surface area contributed by atoms with Gasteiger partial charge in [-0.1, -0.05) is 0 Å².